The van der Waals surface area contributed by atoms with Crippen molar-refractivity contribution in [3.63, 3.8) is 0 Å². The van der Waals surface area contributed by atoms with Crippen LogP contribution in [-0.2, 0) is 116 Å². The minimum atomic E-state index is -5.90. The summed E-state index contributed by atoms with van der Waals surface area (Å²) >= 11 is 24.7. The lowest BCUT2D eigenvalue weighted by Crippen LogP contribution is -2.30. The van der Waals surface area contributed by atoms with E-state index in [9.17, 15) is 89.6 Å². The van der Waals surface area contributed by atoms with Gasteiger partial charge in [0.05, 0.1) is 65.1 Å². The summed E-state index contributed by atoms with van der Waals surface area (Å²) in [6.45, 7) is -0.382. The SMILES string of the molecule is COc1ccccc1S(=O)(=O)N(Cc1ccc(-c2cc(Br)cc(C(=O)C(C)=O)c2)cc1)Cc1ccc(C(F)(F)P(=O)(O)O)c(Cl)c1.COc1ccccc1S(=O)(=O)N(Cc1ccc(-c2cc(Br)cc(C(=O)O)c2)cc1)Cc1ccc(C(F)(F)P(=O)(O)O)c(Cl)c1.COc1ccccc1S(=O)(=O)N(Cc1ccc(-c2cccc(CC(=O)O)c2)cc1)Cc1ccc(C(F)(F)P(=O)(O)O)c(Cl)c1. The summed E-state index contributed by atoms with van der Waals surface area (Å²) in [5.41, 5.74) is -9.70. The number of carbonyl (C=O) groups is 4. The number of carboxylic acid groups (broad SMARTS) is 2. The van der Waals surface area contributed by atoms with Crippen LogP contribution >= 0.6 is 89.4 Å². The number of rotatable bonds is 35. The fourth-order valence-corrected chi connectivity index (χ4v) is 21.8. The molecule has 0 saturated heterocycles. The van der Waals surface area contributed by atoms with E-state index in [0.717, 1.165) is 78.6 Å². The summed E-state index contributed by atoms with van der Waals surface area (Å²) < 4.78 is 224. The molecule has 0 amide bonds. The Bertz CT molecular complexity index is 6980. The van der Waals surface area contributed by atoms with Gasteiger partial charge >= 0.3 is 51.7 Å². The first-order chi connectivity index (χ1) is 62.6. The van der Waals surface area contributed by atoms with Gasteiger partial charge in [-0.05, 0) is 163 Å². The van der Waals surface area contributed by atoms with Gasteiger partial charge < -0.3 is 53.8 Å². The number of ketones is 2. The van der Waals surface area contributed by atoms with Crippen LogP contribution in [0.3, 0.4) is 0 Å². The number of methoxy groups -OCH3 is 3. The zero-order valence-corrected chi connectivity index (χ0v) is 80.5. The first-order valence-corrected chi connectivity index (χ1v) is 50.6. The highest BCUT2D eigenvalue weighted by molar-refractivity contribution is 9.10. The largest absolute Gasteiger partial charge is 0.495 e. The molecule has 0 heterocycles. The molecule has 0 spiro atoms. The Morgan fingerprint density at radius 1 is 0.351 bits per heavy atom. The Morgan fingerprint density at radius 3 is 0.918 bits per heavy atom. The quantitative estimate of drug-likeness (QED) is 0.00791. The molecule has 0 bridgehead atoms. The highest BCUT2D eigenvalue weighted by atomic mass is 79.9. The van der Waals surface area contributed by atoms with E-state index in [2.05, 4.69) is 31.9 Å². The monoisotopic (exact) mass is 2150 g/mol. The third-order valence-electron chi connectivity index (χ3n) is 20.2. The highest BCUT2D eigenvalue weighted by Crippen LogP contribution is 2.63. The number of benzene rings is 12. The van der Waals surface area contributed by atoms with Crippen molar-refractivity contribution in [1.82, 2.24) is 12.9 Å². The fourth-order valence-electron chi connectivity index (χ4n) is 13.4. The van der Waals surface area contributed by atoms with Crippen LogP contribution < -0.4 is 14.2 Å². The van der Waals surface area contributed by atoms with Gasteiger partial charge in [0.15, 0.2) is 5.78 Å². The molecule has 706 valence electrons. The zero-order valence-electron chi connectivity index (χ0n) is 70.0. The molecule has 12 rings (SSSR count). The number of aliphatic carboxylic acids is 1. The molecule has 0 aromatic heterocycles. The number of carbonyl (C=O) groups excluding carboxylic acids is 2. The molecule has 0 aliphatic rings. The molecule has 12 aromatic rings. The second kappa shape index (κ2) is 43.5. The topological polar surface area (TPSA) is 421 Å². The molecule has 27 nitrogen and oxygen atoms in total. The molecular formula is C90H77Br2Cl3F6N3O24P3S3. The fraction of sp³-hybridized carbons (Fsp3) is 0.156. The van der Waals surface area contributed by atoms with E-state index in [1.54, 1.807) is 127 Å². The highest BCUT2D eigenvalue weighted by Gasteiger charge is 2.54. The molecule has 0 fully saturated rings. The maximum Gasteiger partial charge on any atom is 0.399 e. The number of carboxylic acids is 2. The van der Waals surface area contributed by atoms with Crippen molar-refractivity contribution in [1.29, 1.82) is 0 Å². The van der Waals surface area contributed by atoms with Crippen LogP contribution in [0.1, 0.15) is 83.3 Å². The van der Waals surface area contributed by atoms with Gasteiger partial charge in [0.25, 0.3) is 0 Å². The summed E-state index contributed by atoms with van der Waals surface area (Å²) in [6, 6.07) is 63.6. The predicted octanol–water partition coefficient (Wildman–Crippen LogP) is 20.5. The molecule has 134 heavy (non-hydrogen) atoms. The Hall–Kier alpha value is -10.1. The predicted molar refractivity (Wildman–Crippen MR) is 495 cm³/mol. The number of alkyl halides is 6. The molecule has 12 aromatic carbocycles. The van der Waals surface area contributed by atoms with Gasteiger partial charge in [0, 0.05) is 60.7 Å². The van der Waals surface area contributed by atoms with Gasteiger partial charge in [0.1, 0.15) is 31.9 Å². The van der Waals surface area contributed by atoms with Crippen LogP contribution in [0.5, 0.6) is 17.2 Å². The maximum absolute atomic E-state index is 14.4. The average molecular weight is 2150 g/mol. The molecule has 0 aliphatic carbocycles. The molecular weight excluding hydrogens is 2080 g/mol. The second-order valence-corrected chi connectivity index (χ2v) is 43.2. The van der Waals surface area contributed by atoms with Gasteiger partial charge in [-0.2, -0.15) is 39.3 Å². The summed E-state index contributed by atoms with van der Waals surface area (Å²) in [6.07, 6.45) is -0.135. The Kier molecular flexibility index (Phi) is 34.4. The molecule has 0 saturated carbocycles. The van der Waals surface area contributed by atoms with Crippen molar-refractivity contribution in [2.75, 3.05) is 21.3 Å². The Balaban J connectivity index is 0.000000208. The normalized spacial score (nSPS) is 12.3. The Morgan fingerprint density at radius 2 is 0.634 bits per heavy atom. The van der Waals surface area contributed by atoms with Gasteiger partial charge in [-0.15, -0.1) is 0 Å². The lowest BCUT2D eigenvalue weighted by atomic mass is 9.99. The molecule has 0 radical (unpaired) electrons. The minimum absolute atomic E-state index is 0.0723. The average Bonchev–Trinajstić information content (AvgIpc) is 0.777. The maximum atomic E-state index is 14.4. The lowest BCUT2D eigenvalue weighted by Gasteiger charge is -2.24. The van der Waals surface area contributed by atoms with Gasteiger partial charge in [-0.25, -0.2) is 30.0 Å². The summed E-state index contributed by atoms with van der Waals surface area (Å²) in [5, 5.41) is 16.5. The van der Waals surface area contributed by atoms with Gasteiger partial charge in [0.2, 0.25) is 35.9 Å². The number of halogens is 11. The van der Waals surface area contributed by atoms with Crippen molar-refractivity contribution < 1.29 is 138 Å². The lowest BCUT2D eigenvalue weighted by molar-refractivity contribution is -0.136. The van der Waals surface area contributed by atoms with E-state index in [-0.39, 0.29) is 105 Å². The number of ether oxygens (including phenoxy) is 3. The van der Waals surface area contributed by atoms with Gasteiger partial charge in [-0.3, -0.25) is 28.1 Å². The summed E-state index contributed by atoms with van der Waals surface area (Å²) in [4.78, 5) is 101. The van der Waals surface area contributed by atoms with Crippen LogP contribution in [0, 0.1) is 0 Å². The molecule has 8 N–H and O–H groups in total. The number of aromatic carboxylic acids is 1. The van der Waals surface area contributed by atoms with Crippen molar-refractivity contribution in [3.8, 4) is 50.6 Å². The van der Waals surface area contributed by atoms with Crippen LogP contribution in [0.25, 0.3) is 33.4 Å². The van der Waals surface area contributed by atoms with E-state index >= 15 is 0 Å². The number of nitrogens with zero attached hydrogens (tertiary/aromatic N) is 3. The second-order valence-electron chi connectivity index (χ2n) is 29.5. The third-order valence-corrected chi connectivity index (χ3v) is 30.4. The molecule has 0 aliphatic heterocycles. The Labute approximate surface area is 796 Å². The van der Waals surface area contributed by atoms with Crippen LogP contribution in [0.15, 0.2) is 284 Å². The third kappa shape index (κ3) is 25.4. The van der Waals surface area contributed by atoms with Crippen molar-refractivity contribution in [2.45, 2.75) is 84.3 Å². The summed E-state index contributed by atoms with van der Waals surface area (Å²) in [5.74, 6) is -3.07. The van der Waals surface area contributed by atoms with Crippen molar-refractivity contribution in [2.24, 2.45) is 0 Å². The smallest absolute Gasteiger partial charge is 0.399 e. The first kappa shape index (κ1) is 106. The van der Waals surface area contributed by atoms with E-state index in [1.165, 1.54) is 101 Å². The molecule has 0 unspecified atom stereocenters. The standard InChI is InChI=1S/C31H26BrClF2NO8PS.C30H27ClF2NO8PS.C29H24BrClF2NO8PS/c1-19(37)30(38)24-14-23(15-25(32)16-24)22-10-7-20(8-11-22)17-36(46(42,43)29-6-4-3-5-28(29)44-2)18-21-9-12-26(27(33)13-21)31(34,35)45(39,40)41;1-42-27-7-2-3-8-28(27)44(40,41)34(19-22-11-14-25(26(31)16-22)30(32,33)43(37,38)39)18-20-9-12-23(13-10-20)24-6-4-5-21(15-24)17-29(35)36;1-42-26-4-2-3-5-27(26)44(40,41)34(17-19-8-11-24(25(31)12-19)29(32,33)43(37,38)39)16-18-6-9-20(10-7-18)21-13-22(28(35)36)15-23(30)14-21/h3-16H,17-18H2,1-2H3,(H2,39,40,41);2-16H,17-19H2,1H3,(H,35,36)(H2,37,38,39);2-15H,16-17H2,1H3,(H,35,36)(H2,37,38,39). The number of hydrogen-bond donors (Lipinski definition) is 8. The zero-order chi connectivity index (χ0) is 98.8. The van der Waals surface area contributed by atoms with Crippen molar-refractivity contribution >= 4 is 143 Å². The van der Waals surface area contributed by atoms with E-state index in [0.29, 0.717) is 53.5 Å². The number of para-hydroxylation sites is 3. The minimum Gasteiger partial charge on any atom is -0.495 e. The number of sulfonamides is 3. The van der Waals surface area contributed by atoms with Crippen LogP contribution in [0.4, 0.5) is 26.3 Å². The molecule has 44 heteroatoms. The van der Waals surface area contributed by atoms with E-state index < -0.39 is 125 Å². The molecule has 0 atom stereocenters. The van der Waals surface area contributed by atoms with Gasteiger partial charge in [-0.1, -0.05) is 237 Å². The van der Waals surface area contributed by atoms with Crippen LogP contribution in [-0.4, -0.2) is 123 Å². The van der Waals surface area contributed by atoms with E-state index in [1.807, 2.05) is 6.07 Å². The van der Waals surface area contributed by atoms with E-state index in [4.69, 9.17) is 83.5 Å². The van der Waals surface area contributed by atoms with Crippen LogP contribution in [0.2, 0.25) is 15.1 Å². The number of Topliss-reactive ketones (excluding diaryl/α,β-unsaturated/α-hetero) is 2. The summed E-state index contributed by atoms with van der Waals surface area (Å²) in [7, 11) is -26.5. The number of hydrogen-bond acceptors (Lipinski definition) is 16. The first-order valence-electron chi connectivity index (χ1n) is 38.7. The van der Waals surface area contributed by atoms with Crippen molar-refractivity contribution in [3.05, 3.63) is 352 Å².